The lowest BCUT2D eigenvalue weighted by molar-refractivity contribution is -0.149. The fourth-order valence-corrected chi connectivity index (χ4v) is 2.53. The Balaban J connectivity index is 1.95. The van der Waals surface area contributed by atoms with Crippen molar-refractivity contribution >= 4 is 29.3 Å². The van der Waals surface area contributed by atoms with Gasteiger partial charge in [-0.2, -0.15) is 13.2 Å². The molecule has 0 radical (unpaired) electrons. The second-order valence-corrected chi connectivity index (χ2v) is 5.99. The Kier molecular flexibility index (Phi) is 6.79. The van der Waals surface area contributed by atoms with Crippen LogP contribution in [0.2, 0.25) is 5.02 Å². The average molecular weight is 401 g/mol. The minimum absolute atomic E-state index is 0.249. The molecule has 1 aromatic heterocycles. The first-order valence-corrected chi connectivity index (χ1v) is 8.34. The highest BCUT2D eigenvalue weighted by molar-refractivity contribution is 6.33. The molecule has 2 aromatic rings. The van der Waals surface area contributed by atoms with Crippen LogP contribution in [0.5, 0.6) is 0 Å². The number of nitrogens with zero attached hydrogens (tertiary/aromatic N) is 1. The molecule has 0 fully saturated rings. The van der Waals surface area contributed by atoms with E-state index in [0.717, 1.165) is 5.56 Å². The zero-order chi connectivity index (χ0) is 20.0. The summed E-state index contributed by atoms with van der Waals surface area (Å²) in [4.78, 5) is 27.6. The second-order valence-electron chi connectivity index (χ2n) is 5.58. The molecule has 5 nitrogen and oxygen atoms in total. The van der Waals surface area contributed by atoms with Gasteiger partial charge in [-0.25, -0.2) is 4.98 Å². The minimum atomic E-state index is -4.60. The number of carbonyl (C=O) groups excluding carboxylic acids is 2. The number of ether oxygens (including phenoxy) is 1. The molecular formula is C18H16ClF3N2O3. The van der Waals surface area contributed by atoms with Crippen molar-refractivity contribution < 1.29 is 27.5 Å². The highest BCUT2D eigenvalue weighted by Gasteiger charge is 2.31. The van der Waals surface area contributed by atoms with Gasteiger partial charge in [0.05, 0.1) is 16.5 Å². The average Bonchev–Trinajstić information content (AvgIpc) is 2.62. The third-order valence-electron chi connectivity index (χ3n) is 3.67. The molecular weight excluding hydrogens is 385 g/mol. The Morgan fingerprint density at radius 1 is 1.26 bits per heavy atom. The number of amides is 1. The molecule has 0 saturated heterocycles. The van der Waals surface area contributed by atoms with E-state index in [-0.39, 0.29) is 10.8 Å². The summed E-state index contributed by atoms with van der Waals surface area (Å²) in [7, 11) is 0. The Labute approximate surface area is 158 Å². The number of rotatable bonds is 6. The van der Waals surface area contributed by atoms with E-state index >= 15 is 0 Å². The third-order valence-corrected chi connectivity index (χ3v) is 3.95. The van der Waals surface area contributed by atoms with E-state index in [1.54, 1.807) is 24.3 Å². The number of anilines is 1. The molecule has 0 unspecified atom stereocenters. The third kappa shape index (κ3) is 5.68. The van der Waals surface area contributed by atoms with E-state index in [1.165, 1.54) is 0 Å². The second kappa shape index (κ2) is 8.85. The van der Waals surface area contributed by atoms with Crippen LogP contribution >= 0.6 is 11.6 Å². The Morgan fingerprint density at radius 2 is 1.93 bits per heavy atom. The number of benzene rings is 1. The van der Waals surface area contributed by atoms with Gasteiger partial charge in [0.2, 0.25) is 0 Å². The number of carbonyl (C=O) groups is 2. The summed E-state index contributed by atoms with van der Waals surface area (Å²) in [6.45, 7) is 1.20. The van der Waals surface area contributed by atoms with Crippen molar-refractivity contribution in [2.75, 3.05) is 11.9 Å². The van der Waals surface area contributed by atoms with Gasteiger partial charge in [0.25, 0.3) is 5.91 Å². The van der Waals surface area contributed by atoms with Crippen molar-refractivity contribution in [2.45, 2.75) is 25.4 Å². The van der Waals surface area contributed by atoms with E-state index in [1.807, 2.05) is 13.0 Å². The molecule has 2 rings (SSSR count). The molecule has 0 aliphatic carbocycles. The Hall–Kier alpha value is -2.61. The predicted octanol–water partition coefficient (Wildman–Crippen LogP) is 4.43. The van der Waals surface area contributed by atoms with Crippen LogP contribution in [0.4, 0.5) is 19.0 Å². The first-order chi connectivity index (χ1) is 12.7. The lowest BCUT2D eigenvalue weighted by Crippen LogP contribution is -2.24. The molecule has 0 aliphatic rings. The zero-order valence-corrected chi connectivity index (χ0v) is 15.0. The fourth-order valence-electron chi connectivity index (χ4n) is 2.31. The Morgan fingerprint density at radius 3 is 2.48 bits per heavy atom. The van der Waals surface area contributed by atoms with Gasteiger partial charge >= 0.3 is 12.1 Å². The van der Waals surface area contributed by atoms with Crippen LogP contribution in [0, 0.1) is 0 Å². The number of esters is 1. The molecule has 1 N–H and O–H groups in total. The van der Waals surface area contributed by atoms with Gasteiger partial charge in [-0.15, -0.1) is 0 Å². The zero-order valence-electron chi connectivity index (χ0n) is 14.2. The first kappa shape index (κ1) is 20.7. The SMILES string of the molecule is CC[C@H](C(=O)OCC(=O)Nc1ncc(C(F)(F)F)cc1Cl)c1ccccc1. The highest BCUT2D eigenvalue weighted by Crippen LogP contribution is 2.32. The summed E-state index contributed by atoms with van der Waals surface area (Å²) < 4.78 is 42.7. The van der Waals surface area contributed by atoms with Gasteiger partial charge in [-0.1, -0.05) is 48.9 Å². The molecule has 27 heavy (non-hydrogen) atoms. The van der Waals surface area contributed by atoms with Crippen molar-refractivity contribution in [3.05, 3.63) is 58.7 Å². The lowest BCUT2D eigenvalue weighted by atomic mass is 9.97. The molecule has 0 spiro atoms. The maximum absolute atomic E-state index is 12.6. The molecule has 0 aliphatic heterocycles. The van der Waals surface area contributed by atoms with Crippen LogP contribution in [-0.4, -0.2) is 23.5 Å². The van der Waals surface area contributed by atoms with Crippen molar-refractivity contribution in [3.63, 3.8) is 0 Å². The molecule has 1 heterocycles. The molecule has 144 valence electrons. The molecule has 9 heteroatoms. The number of nitrogens with one attached hydrogen (secondary N) is 1. The lowest BCUT2D eigenvalue weighted by Gasteiger charge is -2.14. The summed E-state index contributed by atoms with van der Waals surface area (Å²) in [5.74, 6) is -2.11. The normalized spacial score (nSPS) is 12.3. The number of halogens is 4. The highest BCUT2D eigenvalue weighted by atomic mass is 35.5. The van der Waals surface area contributed by atoms with E-state index in [2.05, 4.69) is 10.3 Å². The standard InChI is InChI=1S/C18H16ClF3N2O3/c1-2-13(11-6-4-3-5-7-11)17(26)27-10-15(25)24-16-14(19)8-12(9-23-16)18(20,21)22/h3-9,13H,2,10H2,1H3,(H,23,24,25)/t13-/m0/s1. The van der Waals surface area contributed by atoms with Crippen molar-refractivity contribution in [1.29, 1.82) is 0 Å². The summed E-state index contributed by atoms with van der Waals surface area (Å²) in [6.07, 6.45) is -3.56. The summed E-state index contributed by atoms with van der Waals surface area (Å²) in [5, 5.41) is 1.84. The summed E-state index contributed by atoms with van der Waals surface area (Å²) >= 11 is 5.71. The van der Waals surface area contributed by atoms with Crippen LogP contribution in [0.25, 0.3) is 0 Å². The van der Waals surface area contributed by atoms with Gasteiger partial charge in [-0.3, -0.25) is 9.59 Å². The molecule has 1 amide bonds. The van der Waals surface area contributed by atoms with Crippen LogP contribution in [0.15, 0.2) is 42.6 Å². The Bertz CT molecular complexity index is 813. The van der Waals surface area contributed by atoms with Crippen LogP contribution in [0.3, 0.4) is 0 Å². The fraction of sp³-hybridized carbons (Fsp3) is 0.278. The minimum Gasteiger partial charge on any atom is -0.455 e. The van der Waals surface area contributed by atoms with Crippen LogP contribution in [-0.2, 0) is 20.5 Å². The topological polar surface area (TPSA) is 68.3 Å². The number of hydrogen-bond donors (Lipinski definition) is 1. The first-order valence-electron chi connectivity index (χ1n) is 7.96. The molecule has 0 bridgehead atoms. The maximum Gasteiger partial charge on any atom is 0.417 e. The van der Waals surface area contributed by atoms with E-state index < -0.39 is 36.1 Å². The number of alkyl halides is 3. The number of hydrogen-bond acceptors (Lipinski definition) is 4. The van der Waals surface area contributed by atoms with Gasteiger partial charge in [0.15, 0.2) is 12.4 Å². The largest absolute Gasteiger partial charge is 0.455 e. The van der Waals surface area contributed by atoms with E-state index in [9.17, 15) is 22.8 Å². The van der Waals surface area contributed by atoms with Gasteiger partial charge < -0.3 is 10.1 Å². The van der Waals surface area contributed by atoms with E-state index in [4.69, 9.17) is 16.3 Å². The van der Waals surface area contributed by atoms with Crippen LogP contribution < -0.4 is 5.32 Å². The monoisotopic (exact) mass is 400 g/mol. The predicted molar refractivity (Wildman–Crippen MR) is 93.3 cm³/mol. The number of pyridine rings is 1. The van der Waals surface area contributed by atoms with Crippen molar-refractivity contribution in [2.24, 2.45) is 0 Å². The summed E-state index contributed by atoms with van der Waals surface area (Å²) in [5.41, 5.74) is -0.275. The van der Waals surface area contributed by atoms with Gasteiger partial charge in [-0.05, 0) is 18.1 Å². The molecule has 1 atom stereocenters. The summed E-state index contributed by atoms with van der Waals surface area (Å²) in [6, 6.07) is 9.60. The van der Waals surface area contributed by atoms with Gasteiger partial charge in [0.1, 0.15) is 0 Å². The molecule has 1 aromatic carbocycles. The van der Waals surface area contributed by atoms with Crippen LogP contribution in [0.1, 0.15) is 30.4 Å². The van der Waals surface area contributed by atoms with Crippen molar-refractivity contribution in [3.8, 4) is 0 Å². The maximum atomic E-state index is 12.6. The van der Waals surface area contributed by atoms with Gasteiger partial charge in [0, 0.05) is 6.20 Å². The van der Waals surface area contributed by atoms with E-state index in [0.29, 0.717) is 18.7 Å². The number of aromatic nitrogens is 1. The smallest absolute Gasteiger partial charge is 0.417 e. The molecule has 0 saturated carbocycles. The van der Waals surface area contributed by atoms with Crippen molar-refractivity contribution in [1.82, 2.24) is 4.98 Å². The quantitative estimate of drug-likeness (QED) is 0.728.